The minimum atomic E-state index is -0.492. The number of aryl methyl sites for hydroxylation is 1. The summed E-state index contributed by atoms with van der Waals surface area (Å²) >= 11 is 0. The predicted molar refractivity (Wildman–Crippen MR) is 161 cm³/mol. The summed E-state index contributed by atoms with van der Waals surface area (Å²) in [5.74, 6) is 1.42. The Kier molecular flexibility index (Phi) is 6.29. The molecule has 6 heteroatoms. The minimum Gasteiger partial charge on any atom is -0.472 e. The van der Waals surface area contributed by atoms with Crippen molar-refractivity contribution in [2.75, 3.05) is 0 Å². The molecule has 2 saturated carbocycles. The SMILES string of the molecule is CC(=O)/C=C/c1ccc2c(c1)nc(C1(NC(=O)c3ccc4c(c3)CC(c3ccoc3)=C4C3CCCC3)CCC1)n2C. The van der Waals surface area contributed by atoms with Crippen molar-refractivity contribution in [1.82, 2.24) is 14.9 Å². The fourth-order valence-electron chi connectivity index (χ4n) is 7.15. The molecule has 3 aliphatic rings. The van der Waals surface area contributed by atoms with Crippen LogP contribution >= 0.6 is 0 Å². The van der Waals surface area contributed by atoms with E-state index in [1.807, 2.05) is 43.7 Å². The molecule has 2 aromatic carbocycles. The molecule has 7 rings (SSSR count). The van der Waals surface area contributed by atoms with Crippen LogP contribution < -0.4 is 5.32 Å². The van der Waals surface area contributed by atoms with E-state index < -0.39 is 5.54 Å². The largest absolute Gasteiger partial charge is 0.472 e. The van der Waals surface area contributed by atoms with E-state index in [-0.39, 0.29) is 11.7 Å². The van der Waals surface area contributed by atoms with Gasteiger partial charge in [0.1, 0.15) is 5.82 Å². The zero-order valence-corrected chi connectivity index (χ0v) is 23.7. The van der Waals surface area contributed by atoms with E-state index in [4.69, 9.17) is 9.40 Å². The van der Waals surface area contributed by atoms with Gasteiger partial charge in [0, 0.05) is 18.2 Å². The van der Waals surface area contributed by atoms with Crippen molar-refractivity contribution in [3.63, 3.8) is 0 Å². The first-order valence-electron chi connectivity index (χ1n) is 14.8. The highest BCUT2D eigenvalue weighted by Crippen LogP contribution is 2.48. The summed E-state index contributed by atoms with van der Waals surface area (Å²) in [4.78, 5) is 30.2. The standard InChI is InChI=1S/C35H35N3O3/c1-22(39)8-9-23-10-13-31-30(18-23)36-34(38(31)2)35(15-5-16-35)37-33(40)25-11-12-28-27(19-25)20-29(26-14-17-41-21-26)32(28)24-6-3-4-7-24/h8-14,17-19,21,24H,3-7,15-16,20H2,1-2H3,(H,37,40)/b9-8+. The molecule has 0 spiro atoms. The second-order valence-electron chi connectivity index (χ2n) is 12.0. The van der Waals surface area contributed by atoms with Crippen LogP contribution in [0.4, 0.5) is 0 Å². The molecule has 208 valence electrons. The van der Waals surface area contributed by atoms with E-state index in [0.717, 1.165) is 53.7 Å². The molecule has 2 fully saturated rings. The van der Waals surface area contributed by atoms with Gasteiger partial charge in [-0.25, -0.2) is 4.98 Å². The van der Waals surface area contributed by atoms with Gasteiger partial charge in [-0.1, -0.05) is 31.1 Å². The number of benzene rings is 2. The molecule has 0 bridgehead atoms. The van der Waals surface area contributed by atoms with Gasteiger partial charge in [0.2, 0.25) is 0 Å². The summed E-state index contributed by atoms with van der Waals surface area (Å²) in [6.07, 6.45) is 15.6. The average molecular weight is 546 g/mol. The summed E-state index contributed by atoms with van der Waals surface area (Å²) in [6, 6.07) is 14.4. The quantitative estimate of drug-likeness (QED) is 0.249. The predicted octanol–water partition coefficient (Wildman–Crippen LogP) is 7.23. The molecule has 0 radical (unpaired) electrons. The molecule has 2 aromatic heterocycles. The number of aromatic nitrogens is 2. The van der Waals surface area contributed by atoms with Gasteiger partial charge < -0.3 is 14.3 Å². The number of allylic oxidation sites excluding steroid dienone is 3. The second-order valence-corrected chi connectivity index (χ2v) is 12.0. The molecule has 0 saturated heterocycles. The van der Waals surface area contributed by atoms with Crippen LogP contribution in [0.15, 0.2) is 65.5 Å². The number of furan rings is 1. The van der Waals surface area contributed by atoms with Crippen LogP contribution in [0.2, 0.25) is 0 Å². The molecular weight excluding hydrogens is 510 g/mol. The van der Waals surface area contributed by atoms with Crippen molar-refractivity contribution < 1.29 is 14.0 Å². The Bertz CT molecular complexity index is 1730. The van der Waals surface area contributed by atoms with Gasteiger partial charge >= 0.3 is 0 Å². The van der Waals surface area contributed by atoms with Gasteiger partial charge in [-0.15, -0.1) is 0 Å². The monoisotopic (exact) mass is 545 g/mol. The van der Waals surface area contributed by atoms with Gasteiger partial charge in [-0.3, -0.25) is 9.59 Å². The molecule has 1 N–H and O–H groups in total. The molecule has 4 aromatic rings. The van der Waals surface area contributed by atoms with Gasteiger partial charge in [0.25, 0.3) is 5.91 Å². The summed E-state index contributed by atoms with van der Waals surface area (Å²) in [5, 5.41) is 3.41. The third-order valence-electron chi connectivity index (χ3n) is 9.39. The first-order chi connectivity index (χ1) is 19.9. The third kappa shape index (κ3) is 4.46. The number of ketones is 1. The maximum absolute atomic E-state index is 13.8. The summed E-state index contributed by atoms with van der Waals surface area (Å²) < 4.78 is 7.55. The fraction of sp³-hybridized carbons (Fsp3) is 0.343. The Labute approximate surface area is 240 Å². The molecule has 2 heterocycles. The number of imidazole rings is 1. The highest BCUT2D eigenvalue weighted by Gasteiger charge is 2.44. The number of amides is 1. The number of nitrogens with zero attached hydrogens (tertiary/aromatic N) is 2. The van der Waals surface area contributed by atoms with Crippen LogP contribution in [0.5, 0.6) is 0 Å². The van der Waals surface area contributed by atoms with Gasteiger partial charge in [-0.2, -0.15) is 0 Å². The summed E-state index contributed by atoms with van der Waals surface area (Å²) in [6.45, 7) is 1.54. The van der Waals surface area contributed by atoms with E-state index in [1.165, 1.54) is 48.0 Å². The zero-order chi connectivity index (χ0) is 28.1. The second kappa shape index (κ2) is 10.0. The van der Waals surface area contributed by atoms with E-state index >= 15 is 0 Å². The number of hydrogen-bond acceptors (Lipinski definition) is 4. The average Bonchev–Trinajstić information content (AvgIpc) is 3.75. The number of hydrogen-bond donors (Lipinski definition) is 1. The molecule has 0 atom stereocenters. The van der Waals surface area contributed by atoms with Gasteiger partial charge in [0.05, 0.1) is 29.1 Å². The Morgan fingerprint density at radius 2 is 1.90 bits per heavy atom. The fourth-order valence-corrected chi connectivity index (χ4v) is 7.15. The maximum atomic E-state index is 13.8. The van der Waals surface area contributed by atoms with E-state index in [2.05, 4.69) is 28.1 Å². The molecule has 0 unspecified atom stereocenters. The maximum Gasteiger partial charge on any atom is 0.252 e. The topological polar surface area (TPSA) is 77.1 Å². The highest BCUT2D eigenvalue weighted by atomic mass is 16.3. The number of carbonyl (C=O) groups excluding carboxylic acids is 2. The highest BCUT2D eigenvalue weighted by molar-refractivity contribution is 6.01. The first kappa shape index (κ1) is 25.8. The first-order valence-corrected chi connectivity index (χ1v) is 14.8. The third-order valence-corrected chi connectivity index (χ3v) is 9.39. The van der Waals surface area contributed by atoms with Crippen LogP contribution in [0.25, 0.3) is 28.3 Å². The van der Waals surface area contributed by atoms with Crippen LogP contribution in [0.3, 0.4) is 0 Å². The number of nitrogens with one attached hydrogen (secondary N) is 1. The summed E-state index contributed by atoms with van der Waals surface area (Å²) in [7, 11) is 2.02. The minimum absolute atomic E-state index is 0.0118. The van der Waals surface area contributed by atoms with Crippen LogP contribution in [-0.2, 0) is 23.8 Å². The molecular formula is C35H35N3O3. The Morgan fingerprint density at radius 3 is 2.61 bits per heavy atom. The zero-order valence-electron chi connectivity index (χ0n) is 23.7. The van der Waals surface area contributed by atoms with Crippen LogP contribution in [0, 0.1) is 5.92 Å². The van der Waals surface area contributed by atoms with Crippen molar-refractivity contribution in [2.24, 2.45) is 13.0 Å². The number of carbonyl (C=O) groups is 2. The number of rotatable bonds is 7. The van der Waals surface area contributed by atoms with Crippen LogP contribution in [0.1, 0.15) is 90.3 Å². The van der Waals surface area contributed by atoms with Gasteiger partial charge in [-0.05, 0) is 116 Å². The Balaban J connectivity index is 1.17. The lowest BCUT2D eigenvalue weighted by Crippen LogP contribution is -2.52. The molecule has 3 aliphatic carbocycles. The molecule has 6 nitrogen and oxygen atoms in total. The van der Waals surface area contributed by atoms with Crippen molar-refractivity contribution >= 4 is 39.9 Å². The smallest absolute Gasteiger partial charge is 0.252 e. The van der Waals surface area contributed by atoms with Crippen molar-refractivity contribution in [3.05, 3.63) is 94.7 Å². The molecule has 1 amide bonds. The lowest BCUT2D eigenvalue weighted by Gasteiger charge is -2.41. The van der Waals surface area contributed by atoms with Crippen LogP contribution in [-0.4, -0.2) is 21.2 Å². The molecule has 0 aliphatic heterocycles. The van der Waals surface area contributed by atoms with Crippen molar-refractivity contribution in [3.8, 4) is 0 Å². The number of fused-ring (bicyclic) bond motifs is 2. The molecule has 41 heavy (non-hydrogen) atoms. The lowest BCUT2D eigenvalue weighted by atomic mass is 9.75. The Morgan fingerprint density at radius 1 is 1.07 bits per heavy atom. The lowest BCUT2D eigenvalue weighted by molar-refractivity contribution is -0.112. The summed E-state index contributed by atoms with van der Waals surface area (Å²) in [5.41, 5.74) is 9.51. The Hall–Kier alpha value is -4.19. The van der Waals surface area contributed by atoms with E-state index in [0.29, 0.717) is 11.5 Å². The van der Waals surface area contributed by atoms with Crippen molar-refractivity contribution in [2.45, 2.75) is 63.8 Å². The van der Waals surface area contributed by atoms with Crippen molar-refractivity contribution in [1.29, 1.82) is 0 Å². The van der Waals surface area contributed by atoms with E-state index in [9.17, 15) is 9.59 Å². The van der Waals surface area contributed by atoms with E-state index in [1.54, 1.807) is 19.3 Å². The van der Waals surface area contributed by atoms with Gasteiger partial charge in [0.15, 0.2) is 5.78 Å². The normalized spacial score (nSPS) is 18.3.